The Bertz CT molecular complexity index is 1750. The molecule has 1 aromatic heterocycles. The number of aromatic nitrogens is 1. The fourth-order valence-electron chi connectivity index (χ4n) is 6.76. The molecule has 0 saturated carbocycles. The van der Waals surface area contributed by atoms with Crippen molar-refractivity contribution in [2.75, 3.05) is 45.2 Å². The zero-order valence-corrected chi connectivity index (χ0v) is 26.2. The Balaban J connectivity index is 1.88. The number of aryl methyl sites for hydroxylation is 1. The van der Waals surface area contributed by atoms with Crippen LogP contribution in [0.25, 0.3) is 28.1 Å². The van der Waals surface area contributed by atoms with E-state index in [0.29, 0.717) is 59.7 Å². The second-order valence-corrected chi connectivity index (χ2v) is 12.1. The van der Waals surface area contributed by atoms with Gasteiger partial charge < -0.3 is 19.4 Å². The number of benzene rings is 2. The highest BCUT2D eigenvalue weighted by Gasteiger charge is 2.37. The van der Waals surface area contributed by atoms with E-state index in [1.807, 2.05) is 45.0 Å². The molecule has 9 heteroatoms. The maximum absolute atomic E-state index is 15.8. The highest BCUT2D eigenvalue weighted by molar-refractivity contribution is 6.03. The van der Waals surface area contributed by atoms with Crippen molar-refractivity contribution in [3.63, 3.8) is 0 Å². The molecule has 44 heavy (non-hydrogen) atoms. The molecule has 0 bridgehead atoms. The first-order chi connectivity index (χ1) is 21.1. The Morgan fingerprint density at radius 3 is 2.57 bits per heavy atom. The number of nitriles is 1. The SMILES string of the molecule is C=CC(=O)N1C[C@H](C)N(c2c(C#N)c(=O)n3c4c(c(-c5ccc(C=C)cc5F)c(CCC)cc24)OC[C@@H]3CN(C)C)C[C@H]1C. The number of anilines is 1. The molecule has 230 valence electrons. The second kappa shape index (κ2) is 12.3. The van der Waals surface area contributed by atoms with Gasteiger partial charge in [-0.25, -0.2) is 4.39 Å². The molecule has 3 aromatic rings. The highest BCUT2D eigenvalue weighted by Crippen LogP contribution is 2.47. The molecular weight excluding hydrogens is 557 g/mol. The van der Waals surface area contributed by atoms with Crippen molar-refractivity contribution in [2.24, 2.45) is 0 Å². The van der Waals surface area contributed by atoms with Crippen LogP contribution in [0, 0.1) is 17.1 Å². The smallest absolute Gasteiger partial charge is 0.271 e. The standard InChI is InChI=1S/C35H40FN5O3/c1-8-11-24-15-27-32(40-18-21(4)39(17-22(40)5)30(42)10-3)28(16-37)35(43)41-25(19-38(6)7)20-44-34(33(27)41)31(24)26-13-12-23(9-2)14-29(26)36/h9-10,12-15,21-22,25H,2-3,8,11,17-20H2,1,4-7H3/t21-,22+,25+/m1/s1. The zero-order chi connectivity index (χ0) is 31.9. The Morgan fingerprint density at radius 2 is 1.95 bits per heavy atom. The lowest BCUT2D eigenvalue weighted by atomic mass is 9.90. The van der Waals surface area contributed by atoms with Gasteiger partial charge >= 0.3 is 0 Å². The van der Waals surface area contributed by atoms with Crippen molar-refractivity contribution in [2.45, 2.75) is 51.7 Å². The molecule has 3 atom stereocenters. The van der Waals surface area contributed by atoms with Gasteiger partial charge in [0.15, 0.2) is 5.75 Å². The minimum atomic E-state index is -0.400. The summed E-state index contributed by atoms with van der Waals surface area (Å²) in [6.45, 7) is 15.0. The lowest BCUT2D eigenvalue weighted by Gasteiger charge is -2.46. The molecule has 0 radical (unpaired) electrons. The molecule has 2 aliphatic rings. The van der Waals surface area contributed by atoms with E-state index in [4.69, 9.17) is 4.74 Å². The molecular formula is C35H40FN5O3. The monoisotopic (exact) mass is 597 g/mol. The van der Waals surface area contributed by atoms with Crippen molar-refractivity contribution in [3.8, 4) is 22.9 Å². The molecule has 2 aliphatic heterocycles. The maximum Gasteiger partial charge on any atom is 0.271 e. The summed E-state index contributed by atoms with van der Waals surface area (Å²) in [4.78, 5) is 32.8. The molecule has 8 nitrogen and oxygen atoms in total. The zero-order valence-electron chi connectivity index (χ0n) is 26.2. The van der Waals surface area contributed by atoms with Crippen LogP contribution in [0.5, 0.6) is 5.75 Å². The third-order valence-electron chi connectivity index (χ3n) is 8.72. The van der Waals surface area contributed by atoms with Gasteiger partial charge in [-0.3, -0.25) is 14.2 Å². The van der Waals surface area contributed by atoms with Crippen LogP contribution in [0.1, 0.15) is 49.9 Å². The highest BCUT2D eigenvalue weighted by atomic mass is 19.1. The van der Waals surface area contributed by atoms with Gasteiger partial charge in [-0.1, -0.05) is 44.7 Å². The number of piperazine rings is 1. The molecule has 5 rings (SSSR count). The average Bonchev–Trinajstić information content (AvgIpc) is 2.99. The van der Waals surface area contributed by atoms with Gasteiger partial charge in [-0.15, -0.1) is 0 Å². The summed E-state index contributed by atoms with van der Waals surface area (Å²) in [6, 6.07) is 8.55. The third-order valence-corrected chi connectivity index (χ3v) is 8.72. The van der Waals surface area contributed by atoms with Crippen LogP contribution >= 0.6 is 0 Å². The summed E-state index contributed by atoms with van der Waals surface area (Å²) >= 11 is 0. The van der Waals surface area contributed by atoms with Gasteiger partial charge in [-0.05, 0) is 63.7 Å². The Morgan fingerprint density at radius 1 is 1.20 bits per heavy atom. The Hall–Kier alpha value is -4.42. The summed E-state index contributed by atoms with van der Waals surface area (Å²) in [5, 5.41) is 11.2. The van der Waals surface area contributed by atoms with E-state index >= 15 is 4.39 Å². The minimum absolute atomic E-state index is 0.0633. The maximum atomic E-state index is 15.8. The fraction of sp³-hybridized carbons (Fsp3) is 0.400. The molecule has 3 heterocycles. The normalized spacial score (nSPS) is 19.5. The van der Waals surface area contributed by atoms with Crippen molar-refractivity contribution in [3.05, 3.63) is 76.4 Å². The van der Waals surface area contributed by atoms with Crippen molar-refractivity contribution >= 4 is 28.6 Å². The lowest BCUT2D eigenvalue weighted by Crippen LogP contribution is -2.58. The number of likely N-dealkylation sites (N-methyl/N-ethyl adjacent to an activating group) is 1. The number of rotatable bonds is 8. The molecule has 2 aromatic carbocycles. The first-order valence-electron chi connectivity index (χ1n) is 15.1. The number of carbonyl (C=O) groups is 1. The van der Waals surface area contributed by atoms with Gasteiger partial charge in [0.05, 0.1) is 17.2 Å². The van der Waals surface area contributed by atoms with E-state index in [1.165, 1.54) is 12.1 Å². The predicted molar refractivity (Wildman–Crippen MR) is 174 cm³/mol. The van der Waals surface area contributed by atoms with Gasteiger partial charge in [-0.2, -0.15) is 5.26 Å². The number of hydrogen-bond acceptors (Lipinski definition) is 6. The number of nitrogens with zero attached hydrogens (tertiary/aromatic N) is 5. The van der Waals surface area contributed by atoms with Gasteiger partial charge in [0, 0.05) is 48.2 Å². The van der Waals surface area contributed by atoms with E-state index in [-0.39, 0.29) is 36.2 Å². The predicted octanol–water partition coefficient (Wildman–Crippen LogP) is 5.38. The van der Waals surface area contributed by atoms with Gasteiger partial charge in [0.2, 0.25) is 5.91 Å². The Kier molecular flexibility index (Phi) is 8.66. The summed E-state index contributed by atoms with van der Waals surface area (Å²) in [5.74, 6) is -0.0985. The van der Waals surface area contributed by atoms with Crippen molar-refractivity contribution in [1.82, 2.24) is 14.4 Å². The number of pyridine rings is 1. The summed E-state index contributed by atoms with van der Waals surface area (Å²) in [7, 11) is 3.85. The van der Waals surface area contributed by atoms with Crippen LogP contribution in [-0.4, -0.2) is 72.7 Å². The summed E-state index contributed by atoms with van der Waals surface area (Å²) in [5.41, 5.74) is 3.33. The van der Waals surface area contributed by atoms with Crippen LogP contribution in [0.15, 0.2) is 48.3 Å². The Labute approximate surface area is 258 Å². The number of ether oxygens (including phenoxy) is 1. The topological polar surface area (TPSA) is 81.8 Å². The first-order valence-corrected chi connectivity index (χ1v) is 15.1. The molecule has 0 aliphatic carbocycles. The van der Waals surface area contributed by atoms with Crippen LogP contribution < -0.4 is 15.2 Å². The lowest BCUT2D eigenvalue weighted by molar-refractivity contribution is -0.128. The van der Waals surface area contributed by atoms with Crippen LogP contribution in [0.4, 0.5) is 10.1 Å². The summed E-state index contributed by atoms with van der Waals surface area (Å²) < 4.78 is 24.0. The molecule has 0 N–H and O–H groups in total. The molecule has 1 amide bonds. The largest absolute Gasteiger partial charge is 0.488 e. The number of hydrogen-bond donors (Lipinski definition) is 0. The third kappa shape index (κ3) is 5.17. The molecule has 0 spiro atoms. The first kappa shape index (κ1) is 31.0. The molecule has 0 unspecified atom stereocenters. The fourth-order valence-corrected chi connectivity index (χ4v) is 6.76. The minimum Gasteiger partial charge on any atom is -0.488 e. The van der Waals surface area contributed by atoms with E-state index < -0.39 is 11.4 Å². The average molecular weight is 598 g/mol. The quantitative estimate of drug-likeness (QED) is 0.325. The van der Waals surface area contributed by atoms with E-state index in [1.54, 1.807) is 21.6 Å². The number of carbonyl (C=O) groups excluding carboxylic acids is 1. The van der Waals surface area contributed by atoms with Crippen LogP contribution in [0.3, 0.4) is 0 Å². The van der Waals surface area contributed by atoms with E-state index in [2.05, 4.69) is 31.1 Å². The number of amides is 1. The van der Waals surface area contributed by atoms with Crippen molar-refractivity contribution < 1.29 is 13.9 Å². The van der Waals surface area contributed by atoms with Crippen molar-refractivity contribution in [1.29, 1.82) is 5.26 Å². The van der Waals surface area contributed by atoms with Gasteiger partial charge in [0.25, 0.3) is 5.56 Å². The van der Waals surface area contributed by atoms with Crippen LogP contribution in [0.2, 0.25) is 0 Å². The molecule has 1 saturated heterocycles. The van der Waals surface area contributed by atoms with E-state index in [0.717, 1.165) is 17.4 Å². The van der Waals surface area contributed by atoms with Crippen LogP contribution in [-0.2, 0) is 11.2 Å². The molecule has 1 fully saturated rings. The summed E-state index contributed by atoms with van der Waals surface area (Å²) in [6.07, 6.45) is 4.35. The van der Waals surface area contributed by atoms with Gasteiger partial charge in [0.1, 0.15) is 24.1 Å². The number of halogens is 1. The second-order valence-electron chi connectivity index (χ2n) is 12.1. The van der Waals surface area contributed by atoms with E-state index in [9.17, 15) is 14.9 Å².